The van der Waals surface area contributed by atoms with E-state index in [-0.39, 0.29) is 51.5 Å². The number of anilines is 1. The number of hydrogen-bond donors (Lipinski definition) is 4. The number of likely N-dealkylation sites (tertiary alicyclic amines) is 1. The Morgan fingerprint density at radius 2 is 1.91 bits per heavy atom. The van der Waals surface area contributed by atoms with E-state index in [4.69, 9.17) is 22.6 Å². The highest BCUT2D eigenvalue weighted by atomic mass is 35.5. The van der Waals surface area contributed by atoms with Crippen LogP contribution in [0.2, 0.25) is 5.02 Å². The number of alkyl halides is 3. The first-order valence-corrected chi connectivity index (χ1v) is 14.5. The maximum absolute atomic E-state index is 13.6. The van der Waals surface area contributed by atoms with Crippen molar-refractivity contribution >= 4 is 35.1 Å². The van der Waals surface area contributed by atoms with Crippen molar-refractivity contribution in [3.05, 3.63) is 52.7 Å². The van der Waals surface area contributed by atoms with Gasteiger partial charge in [-0.3, -0.25) is 14.3 Å². The number of nitrogens with one attached hydrogen (secondary N) is 3. The lowest BCUT2D eigenvalue weighted by atomic mass is 9.86. The molecular weight excluding hydrogens is 617 g/mol. The lowest BCUT2D eigenvalue weighted by Crippen LogP contribution is -2.55. The number of amides is 4. The summed E-state index contributed by atoms with van der Waals surface area (Å²) < 4.78 is 42.8. The Bertz CT molecular complexity index is 1660. The molecule has 1 aliphatic heterocycles. The first-order valence-electron chi connectivity index (χ1n) is 14.1. The van der Waals surface area contributed by atoms with Gasteiger partial charge in [0.25, 0.3) is 11.8 Å². The van der Waals surface area contributed by atoms with Crippen LogP contribution in [0.4, 0.5) is 23.7 Å². The molecule has 0 spiro atoms. The Morgan fingerprint density at radius 1 is 1.18 bits per heavy atom. The summed E-state index contributed by atoms with van der Waals surface area (Å²) in [6.07, 6.45) is -0.575. The Morgan fingerprint density at radius 3 is 2.56 bits per heavy atom. The van der Waals surface area contributed by atoms with Gasteiger partial charge in [0.05, 0.1) is 34.1 Å². The van der Waals surface area contributed by atoms with Crippen molar-refractivity contribution in [3.63, 3.8) is 0 Å². The molecule has 238 valence electrons. The molecule has 17 heteroatoms. The number of halogens is 4. The van der Waals surface area contributed by atoms with Gasteiger partial charge in [-0.05, 0) is 49.9 Å². The highest BCUT2D eigenvalue weighted by molar-refractivity contribution is 6.34. The highest BCUT2D eigenvalue weighted by Crippen LogP contribution is 2.36. The molecule has 0 bridgehead atoms. The molecule has 3 aromatic rings. The van der Waals surface area contributed by atoms with Gasteiger partial charge in [0, 0.05) is 44.1 Å². The van der Waals surface area contributed by atoms with Crippen LogP contribution < -0.4 is 21.7 Å². The molecule has 1 aliphatic carbocycles. The molecule has 13 nitrogen and oxygen atoms in total. The van der Waals surface area contributed by atoms with Gasteiger partial charge in [0.15, 0.2) is 11.5 Å². The fraction of sp³-hybridized carbons (Fsp3) is 0.429. The Balaban J connectivity index is 1.17. The number of hydrogen-bond acceptors (Lipinski definition) is 7. The zero-order valence-corrected chi connectivity index (χ0v) is 24.8. The zero-order valence-electron chi connectivity index (χ0n) is 24.1. The predicted octanol–water partition coefficient (Wildman–Crippen LogP) is 2.98. The smallest absolute Gasteiger partial charge is 0.349 e. The zero-order chi connectivity index (χ0) is 32.5. The Labute approximate surface area is 260 Å². The number of aromatic nitrogens is 4. The molecule has 1 saturated heterocycles. The molecule has 1 unspecified atom stereocenters. The molecular formula is C28H30ClF3N10O3. The van der Waals surface area contributed by atoms with E-state index >= 15 is 0 Å². The average Bonchev–Trinajstić information content (AvgIpc) is 3.70. The number of rotatable bonds is 8. The summed E-state index contributed by atoms with van der Waals surface area (Å²) in [4.78, 5) is 44.0. The van der Waals surface area contributed by atoms with Crippen molar-refractivity contribution in [2.75, 3.05) is 25.0 Å². The number of nitrogens with zero attached hydrogens (tertiary/aromatic N) is 6. The van der Waals surface area contributed by atoms with Crippen molar-refractivity contribution in [3.8, 4) is 17.3 Å². The molecule has 1 atom stereocenters. The maximum Gasteiger partial charge on any atom is 0.435 e. The van der Waals surface area contributed by atoms with Crippen LogP contribution in [0.25, 0.3) is 11.3 Å². The SMILES string of the molecule is Cn1c(-c2cn(CC#N)nc2C(F)(F)F)cnc1C(=O)Nc1ccc(C(=O)N[C@H]2C[C@@H](NC(=O)N3CCC(CN)C3)C2)c(Cl)c1. The van der Waals surface area contributed by atoms with Gasteiger partial charge in [-0.1, -0.05) is 11.6 Å². The fourth-order valence-corrected chi connectivity index (χ4v) is 5.66. The second-order valence-electron chi connectivity index (χ2n) is 11.0. The molecule has 1 aromatic carbocycles. The van der Waals surface area contributed by atoms with Crippen molar-refractivity contribution in [1.82, 2.24) is 34.9 Å². The number of nitriles is 1. The maximum atomic E-state index is 13.6. The first-order chi connectivity index (χ1) is 21.4. The number of carbonyl (C=O) groups excluding carboxylic acids is 3. The molecule has 3 heterocycles. The monoisotopic (exact) mass is 646 g/mol. The van der Waals surface area contributed by atoms with Gasteiger partial charge in [0.1, 0.15) is 6.54 Å². The number of carbonyl (C=O) groups is 3. The summed E-state index contributed by atoms with van der Waals surface area (Å²) in [6.45, 7) is 1.48. The standard InChI is InChI=1S/C28H30ClF3N10O3/c1-40-22(20-14-42(7-5-33)39-23(20)28(30,31)32)12-35-24(40)26(44)36-16-2-3-19(21(29)10-16)25(43)37-17-8-18(9-17)38-27(45)41-6-4-15(11-34)13-41/h2-3,10,12,14-15,17-18H,4,6-9,11,13,34H2,1H3,(H,36,44)(H,37,43)(H,38,45)/t15?,17-,18+. The third-order valence-electron chi connectivity index (χ3n) is 7.91. The number of benzene rings is 1. The number of imidazole rings is 1. The minimum Gasteiger partial charge on any atom is -0.349 e. The van der Waals surface area contributed by atoms with Gasteiger partial charge in [-0.15, -0.1) is 0 Å². The molecule has 1 saturated carbocycles. The molecule has 2 aliphatic rings. The van der Waals surface area contributed by atoms with Crippen LogP contribution in [-0.2, 0) is 19.8 Å². The van der Waals surface area contributed by atoms with Crippen molar-refractivity contribution in [1.29, 1.82) is 5.26 Å². The summed E-state index contributed by atoms with van der Waals surface area (Å²) >= 11 is 6.35. The minimum absolute atomic E-state index is 0.0317. The van der Waals surface area contributed by atoms with Gasteiger partial charge >= 0.3 is 12.2 Å². The van der Waals surface area contributed by atoms with Crippen LogP contribution in [0.1, 0.15) is 45.9 Å². The normalized spacial score (nSPS) is 19.5. The van der Waals surface area contributed by atoms with Gasteiger partial charge in [-0.25, -0.2) is 9.78 Å². The van der Waals surface area contributed by atoms with Crippen LogP contribution in [0.15, 0.2) is 30.6 Å². The average molecular weight is 647 g/mol. The summed E-state index contributed by atoms with van der Waals surface area (Å²) in [6, 6.07) is 5.70. The molecule has 2 aromatic heterocycles. The molecule has 4 amide bonds. The summed E-state index contributed by atoms with van der Waals surface area (Å²) in [5, 5.41) is 20.8. The quantitative estimate of drug-likeness (QED) is 0.291. The van der Waals surface area contributed by atoms with E-state index in [0.717, 1.165) is 23.5 Å². The predicted molar refractivity (Wildman–Crippen MR) is 156 cm³/mol. The van der Waals surface area contributed by atoms with E-state index in [1.807, 2.05) is 0 Å². The molecule has 5 N–H and O–H groups in total. The summed E-state index contributed by atoms with van der Waals surface area (Å²) in [5.74, 6) is -1.02. The lowest BCUT2D eigenvalue weighted by molar-refractivity contribution is -0.141. The topological polar surface area (TPSA) is 176 Å². The Kier molecular flexibility index (Phi) is 9.03. The van der Waals surface area contributed by atoms with E-state index < -0.39 is 30.2 Å². The first kappa shape index (κ1) is 31.8. The van der Waals surface area contributed by atoms with E-state index in [9.17, 15) is 27.6 Å². The minimum atomic E-state index is -4.80. The van der Waals surface area contributed by atoms with E-state index in [0.29, 0.717) is 38.4 Å². The van der Waals surface area contributed by atoms with Crippen molar-refractivity contribution in [2.24, 2.45) is 18.7 Å². The van der Waals surface area contributed by atoms with E-state index in [1.54, 1.807) is 11.0 Å². The second-order valence-corrected chi connectivity index (χ2v) is 11.5. The van der Waals surface area contributed by atoms with Crippen LogP contribution >= 0.6 is 11.6 Å². The van der Waals surface area contributed by atoms with E-state index in [1.165, 1.54) is 29.8 Å². The lowest BCUT2D eigenvalue weighted by Gasteiger charge is -2.37. The van der Waals surface area contributed by atoms with Crippen LogP contribution in [0, 0.1) is 17.2 Å². The third kappa shape index (κ3) is 6.89. The summed E-state index contributed by atoms with van der Waals surface area (Å²) in [5.41, 5.74) is 4.53. The van der Waals surface area contributed by atoms with Gasteiger partial charge < -0.3 is 31.2 Å². The van der Waals surface area contributed by atoms with Crippen LogP contribution in [-0.4, -0.2) is 73.8 Å². The number of urea groups is 1. The van der Waals surface area contributed by atoms with E-state index in [2.05, 4.69) is 26.0 Å². The Hall–Kier alpha value is -4.62. The van der Waals surface area contributed by atoms with Crippen LogP contribution in [0.3, 0.4) is 0 Å². The largest absolute Gasteiger partial charge is 0.435 e. The molecule has 5 rings (SSSR count). The van der Waals surface area contributed by atoms with Crippen LogP contribution in [0.5, 0.6) is 0 Å². The number of nitrogens with two attached hydrogens (primary N) is 1. The third-order valence-corrected chi connectivity index (χ3v) is 8.22. The van der Waals surface area contributed by atoms with Gasteiger partial charge in [-0.2, -0.15) is 23.5 Å². The molecule has 2 fully saturated rings. The molecule has 0 radical (unpaired) electrons. The second kappa shape index (κ2) is 12.8. The van der Waals surface area contributed by atoms with Gasteiger partial charge in [0.2, 0.25) is 0 Å². The highest BCUT2D eigenvalue weighted by Gasteiger charge is 2.39. The molecule has 45 heavy (non-hydrogen) atoms. The fourth-order valence-electron chi connectivity index (χ4n) is 5.40. The van der Waals surface area contributed by atoms with Crippen molar-refractivity contribution in [2.45, 2.75) is 44.1 Å². The van der Waals surface area contributed by atoms with Crippen molar-refractivity contribution < 1.29 is 27.6 Å². The summed E-state index contributed by atoms with van der Waals surface area (Å²) in [7, 11) is 1.37.